The van der Waals surface area contributed by atoms with Crippen molar-refractivity contribution >= 4 is 35.2 Å². The van der Waals surface area contributed by atoms with Gasteiger partial charge in [0.05, 0.1) is 11.3 Å². The van der Waals surface area contributed by atoms with Crippen LogP contribution >= 0.6 is 0 Å². The Bertz CT molecular complexity index is 1460. The number of hydrogen-bond donors (Lipinski definition) is 2. The van der Waals surface area contributed by atoms with Crippen LogP contribution in [0.2, 0.25) is 0 Å². The van der Waals surface area contributed by atoms with Gasteiger partial charge in [0.15, 0.2) is 0 Å². The van der Waals surface area contributed by atoms with Crippen molar-refractivity contribution in [3.8, 4) is 0 Å². The van der Waals surface area contributed by atoms with E-state index < -0.39 is 48.1 Å². The van der Waals surface area contributed by atoms with Crippen LogP contribution in [0.1, 0.15) is 35.3 Å². The molecule has 2 N–H and O–H groups in total. The van der Waals surface area contributed by atoms with E-state index in [0.29, 0.717) is 22.4 Å². The Morgan fingerprint density at radius 2 is 1.61 bits per heavy atom. The Balaban J connectivity index is 1.68. The lowest BCUT2D eigenvalue weighted by molar-refractivity contribution is -0.150. The second-order valence-electron chi connectivity index (χ2n) is 9.93. The summed E-state index contributed by atoms with van der Waals surface area (Å²) >= 11 is 0. The van der Waals surface area contributed by atoms with E-state index in [2.05, 4.69) is 10.3 Å². The zero-order chi connectivity index (χ0) is 29.5. The van der Waals surface area contributed by atoms with Crippen LogP contribution in [0, 0.1) is 5.92 Å². The van der Waals surface area contributed by atoms with Crippen molar-refractivity contribution in [2.45, 2.75) is 32.4 Å². The van der Waals surface area contributed by atoms with Gasteiger partial charge in [0.1, 0.15) is 18.6 Å². The molecule has 1 unspecified atom stereocenters. The number of rotatable bonds is 10. The first kappa shape index (κ1) is 28.9. The third-order valence-electron chi connectivity index (χ3n) is 6.66. The average Bonchev–Trinajstić information content (AvgIpc) is 2.98. The van der Waals surface area contributed by atoms with Crippen molar-refractivity contribution in [1.29, 1.82) is 0 Å². The molecule has 2 atom stereocenters. The number of nitrogens with zero attached hydrogens (tertiary/aromatic N) is 3. The van der Waals surface area contributed by atoms with Gasteiger partial charge in [-0.1, -0.05) is 74.5 Å². The molecule has 0 radical (unpaired) electrons. The van der Waals surface area contributed by atoms with Crippen LogP contribution in [-0.2, 0) is 25.6 Å². The first-order valence-corrected chi connectivity index (χ1v) is 13.1. The molecule has 0 fully saturated rings. The van der Waals surface area contributed by atoms with Gasteiger partial charge in [-0.2, -0.15) is 0 Å². The van der Waals surface area contributed by atoms with Crippen LogP contribution in [-0.4, -0.2) is 68.0 Å². The standard InChI is InChI=1S/C31H30N4O6/c1-20(2)27-30(39)34(19-26(36)33-24(28(37)31(40)41)16-21-10-5-3-6-11-21)25(22-12-7-4-8-13-22)18-35(27)29(38)23-14-9-15-32-17-23/h3-15,17-18,20,24,27H,16,19H2,1-2H3,(H,33,36)(H,40,41)/t24-,27?/m0/s1. The summed E-state index contributed by atoms with van der Waals surface area (Å²) in [5, 5.41) is 11.9. The lowest BCUT2D eigenvalue weighted by Gasteiger charge is -2.41. The zero-order valence-electron chi connectivity index (χ0n) is 22.6. The number of amides is 3. The first-order chi connectivity index (χ1) is 19.7. The summed E-state index contributed by atoms with van der Waals surface area (Å²) in [5.74, 6) is -4.78. The molecule has 3 aromatic rings. The SMILES string of the molecule is CC(C)C1C(=O)N(CC(=O)N[C@@H](Cc2ccccc2)C(=O)C(=O)O)C(c2ccccc2)=CN1C(=O)c1cccnc1. The molecule has 1 aromatic heterocycles. The maximum absolute atomic E-state index is 14.0. The quantitative estimate of drug-likeness (QED) is 0.368. The van der Waals surface area contributed by atoms with Crippen LogP contribution < -0.4 is 5.32 Å². The Kier molecular flexibility index (Phi) is 9.03. The predicted molar refractivity (Wildman–Crippen MR) is 150 cm³/mol. The van der Waals surface area contributed by atoms with Gasteiger partial charge in [-0.15, -0.1) is 0 Å². The molecule has 10 heteroatoms. The summed E-state index contributed by atoms with van der Waals surface area (Å²) in [7, 11) is 0. The minimum Gasteiger partial charge on any atom is -0.475 e. The fourth-order valence-electron chi connectivity index (χ4n) is 4.70. The number of carboxylic acids is 1. The average molecular weight is 555 g/mol. The van der Waals surface area contributed by atoms with E-state index in [1.165, 1.54) is 16.0 Å². The van der Waals surface area contributed by atoms with E-state index in [1.54, 1.807) is 99.0 Å². The summed E-state index contributed by atoms with van der Waals surface area (Å²) in [5.41, 5.74) is 1.86. The van der Waals surface area contributed by atoms with Crippen molar-refractivity contribution in [2.24, 2.45) is 5.92 Å². The van der Waals surface area contributed by atoms with Gasteiger partial charge in [-0.05, 0) is 29.2 Å². The molecule has 1 aliphatic heterocycles. The number of nitrogens with one attached hydrogen (secondary N) is 1. The number of pyridine rings is 1. The van der Waals surface area contributed by atoms with Crippen LogP contribution in [0.15, 0.2) is 91.4 Å². The fraction of sp³-hybridized carbons (Fsp3) is 0.226. The minimum atomic E-state index is -1.67. The zero-order valence-corrected chi connectivity index (χ0v) is 22.6. The molecule has 10 nitrogen and oxygen atoms in total. The Morgan fingerprint density at radius 1 is 0.951 bits per heavy atom. The number of ketones is 1. The van der Waals surface area contributed by atoms with Crippen molar-refractivity contribution in [1.82, 2.24) is 20.1 Å². The normalized spacial score (nSPS) is 15.7. The number of carbonyl (C=O) groups excluding carboxylic acids is 4. The molecular weight excluding hydrogens is 524 g/mol. The van der Waals surface area contributed by atoms with Crippen LogP contribution in [0.25, 0.3) is 5.70 Å². The van der Waals surface area contributed by atoms with Gasteiger partial charge in [-0.25, -0.2) is 4.79 Å². The second kappa shape index (κ2) is 12.8. The lowest BCUT2D eigenvalue weighted by Crippen LogP contribution is -2.57. The van der Waals surface area contributed by atoms with Crippen LogP contribution in [0.4, 0.5) is 0 Å². The van der Waals surface area contributed by atoms with Crippen LogP contribution in [0.5, 0.6) is 0 Å². The monoisotopic (exact) mass is 554 g/mol. The second-order valence-corrected chi connectivity index (χ2v) is 9.93. The fourth-order valence-corrected chi connectivity index (χ4v) is 4.70. The summed E-state index contributed by atoms with van der Waals surface area (Å²) in [4.78, 5) is 71.4. The molecule has 0 saturated heterocycles. The largest absolute Gasteiger partial charge is 0.475 e. The lowest BCUT2D eigenvalue weighted by atomic mass is 9.96. The highest BCUT2D eigenvalue weighted by atomic mass is 16.4. The number of hydrogen-bond acceptors (Lipinski definition) is 6. The topological polar surface area (TPSA) is 137 Å². The highest BCUT2D eigenvalue weighted by Gasteiger charge is 2.41. The number of carbonyl (C=O) groups is 5. The number of benzene rings is 2. The van der Waals surface area contributed by atoms with Gasteiger partial charge in [0.2, 0.25) is 5.91 Å². The summed E-state index contributed by atoms with van der Waals surface area (Å²) in [6, 6.07) is 18.5. The smallest absolute Gasteiger partial charge is 0.374 e. The van der Waals surface area contributed by atoms with Gasteiger partial charge >= 0.3 is 5.97 Å². The third kappa shape index (κ3) is 6.73. The Hall–Kier alpha value is -5.12. The molecular formula is C31H30N4O6. The maximum Gasteiger partial charge on any atom is 0.374 e. The van der Waals surface area contributed by atoms with Crippen molar-refractivity contribution in [2.75, 3.05) is 6.54 Å². The van der Waals surface area contributed by atoms with Crippen molar-refractivity contribution in [3.63, 3.8) is 0 Å². The minimum absolute atomic E-state index is 0.0327. The van der Waals surface area contributed by atoms with E-state index in [0.717, 1.165) is 0 Å². The predicted octanol–water partition coefficient (Wildman–Crippen LogP) is 2.77. The van der Waals surface area contributed by atoms with E-state index in [4.69, 9.17) is 0 Å². The van der Waals surface area contributed by atoms with Gasteiger partial charge in [-0.3, -0.25) is 29.1 Å². The highest BCUT2D eigenvalue weighted by molar-refractivity contribution is 6.35. The van der Waals surface area contributed by atoms with Gasteiger partial charge < -0.3 is 15.3 Å². The molecule has 0 aliphatic carbocycles. The molecule has 41 heavy (non-hydrogen) atoms. The van der Waals surface area contributed by atoms with E-state index >= 15 is 0 Å². The van der Waals surface area contributed by atoms with Crippen molar-refractivity contribution < 1.29 is 29.1 Å². The number of carboxylic acid groups (broad SMARTS) is 1. The molecule has 1 aliphatic rings. The van der Waals surface area contributed by atoms with Gasteiger partial charge in [0, 0.05) is 25.0 Å². The molecule has 210 valence electrons. The molecule has 0 spiro atoms. The van der Waals surface area contributed by atoms with Gasteiger partial charge in [0.25, 0.3) is 17.6 Å². The summed E-state index contributed by atoms with van der Waals surface area (Å²) in [6.07, 6.45) is 4.49. The number of aliphatic carboxylic acids is 1. The van der Waals surface area contributed by atoms with E-state index in [1.807, 2.05) is 0 Å². The summed E-state index contributed by atoms with van der Waals surface area (Å²) in [6.45, 7) is 3.11. The van der Waals surface area contributed by atoms with E-state index in [9.17, 15) is 29.1 Å². The third-order valence-corrected chi connectivity index (χ3v) is 6.66. The Morgan fingerprint density at radius 3 is 2.20 bits per heavy atom. The molecule has 2 aromatic carbocycles. The molecule has 4 rings (SSSR count). The number of Topliss-reactive ketones (excluding diaryl/α,β-unsaturated/α-hetero) is 1. The first-order valence-electron chi connectivity index (χ1n) is 13.1. The van der Waals surface area contributed by atoms with Crippen molar-refractivity contribution in [3.05, 3.63) is 108 Å². The van der Waals surface area contributed by atoms with E-state index in [-0.39, 0.29) is 12.3 Å². The summed E-state index contributed by atoms with van der Waals surface area (Å²) < 4.78 is 0. The molecule has 0 bridgehead atoms. The molecule has 2 heterocycles. The molecule has 0 saturated carbocycles. The Labute approximate surface area is 237 Å². The van der Waals surface area contributed by atoms with Crippen LogP contribution in [0.3, 0.4) is 0 Å². The maximum atomic E-state index is 14.0. The highest BCUT2D eigenvalue weighted by Crippen LogP contribution is 2.31. The molecule has 3 amide bonds. The number of aromatic nitrogens is 1.